The number of aryl methyl sites for hydroxylation is 5. The van der Waals surface area contributed by atoms with Crippen molar-refractivity contribution in [1.82, 2.24) is 4.40 Å². The summed E-state index contributed by atoms with van der Waals surface area (Å²) in [5, 5.41) is 6.89. The van der Waals surface area contributed by atoms with Gasteiger partial charge in [0.15, 0.2) is 6.20 Å². The first-order valence-electron chi connectivity index (χ1n) is 11.6. The van der Waals surface area contributed by atoms with Crippen LogP contribution in [0.2, 0.25) is 0 Å². The van der Waals surface area contributed by atoms with Crippen molar-refractivity contribution in [1.29, 1.82) is 0 Å². The molecule has 6 aromatic rings. The van der Waals surface area contributed by atoms with Crippen LogP contribution in [-0.2, 0) is 12.5 Å². The lowest BCUT2D eigenvalue weighted by atomic mass is 9.82. The Morgan fingerprint density at radius 2 is 1.50 bits per heavy atom. The highest BCUT2D eigenvalue weighted by atomic mass is 15.0. The number of hydrogen-bond donors (Lipinski definition) is 0. The molecule has 2 nitrogen and oxygen atoms in total. The molecule has 0 aliphatic rings. The van der Waals surface area contributed by atoms with Gasteiger partial charge in [0, 0.05) is 16.8 Å². The van der Waals surface area contributed by atoms with E-state index >= 15 is 0 Å². The van der Waals surface area contributed by atoms with E-state index in [1.807, 2.05) is 0 Å². The molecule has 0 bridgehead atoms. The van der Waals surface area contributed by atoms with Gasteiger partial charge >= 0.3 is 0 Å². The number of rotatable bonds is 0. The van der Waals surface area contributed by atoms with Crippen LogP contribution in [-0.4, -0.2) is 4.40 Å². The highest BCUT2D eigenvalue weighted by Gasteiger charge is 2.29. The maximum Gasteiger partial charge on any atom is 0.224 e. The highest BCUT2D eigenvalue weighted by Crippen LogP contribution is 2.46. The Balaban J connectivity index is 2.17. The fourth-order valence-corrected chi connectivity index (χ4v) is 6.05. The molecule has 0 aliphatic heterocycles. The van der Waals surface area contributed by atoms with Crippen LogP contribution in [0.25, 0.3) is 49.0 Å². The molecule has 0 N–H and O–H groups in total. The number of fused-ring (bicyclic) bond motifs is 6. The van der Waals surface area contributed by atoms with Gasteiger partial charge in [0.05, 0.1) is 27.3 Å². The van der Waals surface area contributed by atoms with Crippen LogP contribution in [0.4, 0.5) is 0 Å². The van der Waals surface area contributed by atoms with Gasteiger partial charge in [0.25, 0.3) is 0 Å². The van der Waals surface area contributed by atoms with Gasteiger partial charge in [-0.2, -0.15) is 0 Å². The van der Waals surface area contributed by atoms with E-state index in [0.29, 0.717) is 0 Å². The third-order valence-electron chi connectivity index (χ3n) is 7.63. The SMILES string of the molecule is Cc1cc(C)c2c(c1C)c1c3c(cc[n+]1C)cc(C(C)(C)C)c1c4cccc(C)c4n2c13. The second kappa shape index (κ2) is 6.01. The zero-order valence-corrected chi connectivity index (χ0v) is 20.4. The molecule has 0 spiro atoms. The summed E-state index contributed by atoms with van der Waals surface area (Å²) in [7, 11) is 2.20. The van der Waals surface area contributed by atoms with Gasteiger partial charge in [0.1, 0.15) is 7.05 Å². The van der Waals surface area contributed by atoms with E-state index in [9.17, 15) is 0 Å². The summed E-state index contributed by atoms with van der Waals surface area (Å²) in [5.74, 6) is 0. The molecule has 0 aliphatic carbocycles. The number of para-hydroxylation sites is 1. The fourth-order valence-electron chi connectivity index (χ4n) is 6.05. The Morgan fingerprint density at radius 1 is 0.750 bits per heavy atom. The Kier molecular flexibility index (Phi) is 3.67. The van der Waals surface area contributed by atoms with Gasteiger partial charge in [-0.15, -0.1) is 0 Å². The summed E-state index contributed by atoms with van der Waals surface area (Å²) < 4.78 is 4.93. The molecule has 0 radical (unpaired) electrons. The van der Waals surface area contributed by atoms with Crippen molar-refractivity contribution >= 4 is 49.0 Å². The predicted molar refractivity (Wildman–Crippen MR) is 137 cm³/mol. The number of hydrogen-bond acceptors (Lipinski definition) is 0. The van der Waals surface area contributed by atoms with Gasteiger partial charge in [-0.3, -0.25) is 0 Å². The molecule has 0 unspecified atom stereocenters. The molecule has 3 aromatic heterocycles. The van der Waals surface area contributed by atoms with Gasteiger partial charge in [-0.1, -0.05) is 45.0 Å². The molecule has 32 heavy (non-hydrogen) atoms. The standard InChI is InChI=1S/C30H31N2/c1-16-10-9-11-21-25-22(30(5,6)7)15-20-12-13-31(8)28-23-19(4)17(2)14-18(3)27(23)32(26(16)21)29(25)24(20)28/h9-15H,1-8H3/q+1. The second-order valence-corrected chi connectivity index (χ2v) is 10.8. The topological polar surface area (TPSA) is 8.29 Å². The molecule has 160 valence electrons. The van der Waals surface area contributed by atoms with Crippen molar-refractivity contribution in [2.75, 3.05) is 0 Å². The van der Waals surface area contributed by atoms with Crippen molar-refractivity contribution in [2.24, 2.45) is 7.05 Å². The summed E-state index contributed by atoms with van der Waals surface area (Å²) in [6, 6.07) is 13.9. The summed E-state index contributed by atoms with van der Waals surface area (Å²) in [6.45, 7) is 16.1. The number of pyridine rings is 2. The maximum absolute atomic E-state index is 2.60. The molecule has 3 heterocycles. The van der Waals surface area contributed by atoms with Crippen LogP contribution < -0.4 is 4.57 Å². The summed E-state index contributed by atoms with van der Waals surface area (Å²) in [5.41, 5.74) is 12.3. The van der Waals surface area contributed by atoms with Gasteiger partial charge in [-0.05, 0) is 72.4 Å². The lowest BCUT2D eigenvalue weighted by Crippen LogP contribution is -2.29. The summed E-state index contributed by atoms with van der Waals surface area (Å²) in [6.07, 6.45) is 2.24. The Hall–Kier alpha value is -3.13. The fraction of sp³-hybridized carbons (Fsp3) is 0.300. The lowest BCUT2D eigenvalue weighted by molar-refractivity contribution is -0.643. The van der Waals surface area contributed by atoms with Crippen LogP contribution in [0.5, 0.6) is 0 Å². The first-order chi connectivity index (χ1) is 15.1. The van der Waals surface area contributed by atoms with Crippen LogP contribution in [0.1, 0.15) is 48.6 Å². The molecule has 0 amide bonds. The molecule has 0 fully saturated rings. The Labute approximate surface area is 189 Å². The first-order valence-corrected chi connectivity index (χ1v) is 11.6. The van der Waals surface area contributed by atoms with Crippen LogP contribution in [0.3, 0.4) is 0 Å². The van der Waals surface area contributed by atoms with E-state index in [2.05, 4.69) is 107 Å². The van der Waals surface area contributed by atoms with E-state index in [1.54, 1.807) is 0 Å². The molecule has 0 saturated carbocycles. The minimum Gasteiger partial charge on any atom is -0.307 e. The predicted octanol–water partition coefficient (Wildman–Crippen LogP) is 7.35. The Morgan fingerprint density at radius 3 is 2.22 bits per heavy atom. The minimum atomic E-state index is 0.0494. The number of nitrogens with zero attached hydrogens (tertiary/aromatic N) is 2. The summed E-state index contributed by atoms with van der Waals surface area (Å²) in [4.78, 5) is 0. The van der Waals surface area contributed by atoms with E-state index in [1.165, 1.54) is 76.8 Å². The monoisotopic (exact) mass is 419 g/mol. The molecule has 2 heteroatoms. The highest BCUT2D eigenvalue weighted by molar-refractivity contribution is 6.28. The molecule has 0 atom stereocenters. The minimum absolute atomic E-state index is 0.0494. The van der Waals surface area contributed by atoms with E-state index in [-0.39, 0.29) is 5.41 Å². The van der Waals surface area contributed by atoms with Crippen LogP contribution in [0, 0.1) is 27.7 Å². The molecule has 6 rings (SSSR count). The zero-order valence-electron chi connectivity index (χ0n) is 20.4. The maximum atomic E-state index is 2.60. The van der Waals surface area contributed by atoms with Crippen molar-refractivity contribution in [3.63, 3.8) is 0 Å². The van der Waals surface area contributed by atoms with E-state index in [0.717, 1.165) is 0 Å². The number of benzene rings is 3. The number of aromatic nitrogens is 2. The van der Waals surface area contributed by atoms with Crippen molar-refractivity contribution in [3.8, 4) is 0 Å². The van der Waals surface area contributed by atoms with Crippen molar-refractivity contribution < 1.29 is 4.57 Å². The molecular weight excluding hydrogens is 388 g/mol. The third kappa shape index (κ3) is 2.23. The quantitative estimate of drug-likeness (QED) is 0.138. The Bertz CT molecular complexity index is 1740. The first kappa shape index (κ1) is 19.5. The third-order valence-corrected chi connectivity index (χ3v) is 7.63. The average molecular weight is 420 g/mol. The molecule has 3 aromatic carbocycles. The largest absolute Gasteiger partial charge is 0.307 e. The smallest absolute Gasteiger partial charge is 0.224 e. The van der Waals surface area contributed by atoms with Gasteiger partial charge < -0.3 is 4.40 Å². The van der Waals surface area contributed by atoms with E-state index < -0.39 is 0 Å². The van der Waals surface area contributed by atoms with Crippen molar-refractivity contribution in [3.05, 3.63) is 70.4 Å². The van der Waals surface area contributed by atoms with Gasteiger partial charge in [0.2, 0.25) is 5.52 Å². The molecule has 0 saturated heterocycles. The zero-order chi connectivity index (χ0) is 22.7. The second-order valence-electron chi connectivity index (χ2n) is 10.8. The molecular formula is C30H31N2+. The van der Waals surface area contributed by atoms with Gasteiger partial charge in [-0.25, -0.2) is 4.57 Å². The van der Waals surface area contributed by atoms with E-state index in [4.69, 9.17) is 0 Å². The average Bonchev–Trinajstić information content (AvgIpc) is 3.07. The normalized spacial score (nSPS) is 13.0. The van der Waals surface area contributed by atoms with Crippen LogP contribution >= 0.6 is 0 Å². The van der Waals surface area contributed by atoms with Crippen molar-refractivity contribution in [2.45, 2.75) is 53.9 Å². The summed E-state index contributed by atoms with van der Waals surface area (Å²) >= 11 is 0. The van der Waals surface area contributed by atoms with Crippen LogP contribution in [0.15, 0.2) is 42.6 Å². The lowest BCUT2D eigenvalue weighted by Gasteiger charge is -2.23.